The molecule has 0 aliphatic rings. The van der Waals surface area contributed by atoms with E-state index in [4.69, 9.17) is 4.74 Å². The SMILES string of the molecule is O=C(O)C(CCCOc1ccccc1)c1cccc(Br)c1. The number of para-hydroxylation sites is 1. The summed E-state index contributed by atoms with van der Waals surface area (Å²) in [7, 11) is 0. The molecule has 0 heterocycles. The molecule has 0 aliphatic carbocycles. The molecule has 0 aromatic heterocycles. The molecule has 21 heavy (non-hydrogen) atoms. The second kappa shape index (κ2) is 7.84. The van der Waals surface area contributed by atoms with Gasteiger partial charge in [-0.3, -0.25) is 4.79 Å². The van der Waals surface area contributed by atoms with Crippen molar-refractivity contribution in [3.05, 3.63) is 64.6 Å². The lowest BCUT2D eigenvalue weighted by Gasteiger charge is -2.13. The van der Waals surface area contributed by atoms with Crippen LogP contribution < -0.4 is 4.74 Å². The van der Waals surface area contributed by atoms with Gasteiger partial charge in [-0.2, -0.15) is 0 Å². The van der Waals surface area contributed by atoms with Crippen LogP contribution >= 0.6 is 15.9 Å². The van der Waals surface area contributed by atoms with Crippen molar-refractivity contribution in [1.82, 2.24) is 0 Å². The van der Waals surface area contributed by atoms with Gasteiger partial charge in [-0.1, -0.05) is 46.3 Å². The van der Waals surface area contributed by atoms with E-state index in [2.05, 4.69) is 15.9 Å². The first-order chi connectivity index (χ1) is 10.2. The molecule has 0 radical (unpaired) electrons. The van der Waals surface area contributed by atoms with Gasteiger partial charge in [0.15, 0.2) is 0 Å². The minimum Gasteiger partial charge on any atom is -0.494 e. The molecule has 110 valence electrons. The van der Waals surface area contributed by atoms with Gasteiger partial charge in [0.2, 0.25) is 0 Å². The van der Waals surface area contributed by atoms with Crippen molar-refractivity contribution in [1.29, 1.82) is 0 Å². The quantitative estimate of drug-likeness (QED) is 0.750. The van der Waals surface area contributed by atoms with E-state index in [0.717, 1.165) is 15.8 Å². The van der Waals surface area contributed by atoms with Crippen molar-refractivity contribution < 1.29 is 14.6 Å². The van der Waals surface area contributed by atoms with E-state index in [1.54, 1.807) is 0 Å². The molecule has 1 unspecified atom stereocenters. The predicted molar refractivity (Wildman–Crippen MR) is 85.7 cm³/mol. The Morgan fingerprint density at radius 1 is 1.14 bits per heavy atom. The summed E-state index contributed by atoms with van der Waals surface area (Å²) in [5.41, 5.74) is 0.816. The number of carboxylic acid groups (broad SMARTS) is 1. The van der Waals surface area contributed by atoms with Gasteiger partial charge in [0, 0.05) is 4.47 Å². The summed E-state index contributed by atoms with van der Waals surface area (Å²) < 4.78 is 6.49. The van der Waals surface area contributed by atoms with Crippen LogP contribution in [0.5, 0.6) is 5.75 Å². The molecule has 1 atom stereocenters. The molecular weight excluding hydrogens is 332 g/mol. The van der Waals surface area contributed by atoms with Crippen LogP contribution in [0.1, 0.15) is 24.3 Å². The number of carbonyl (C=O) groups is 1. The van der Waals surface area contributed by atoms with E-state index in [9.17, 15) is 9.90 Å². The van der Waals surface area contributed by atoms with Crippen LogP contribution in [0.15, 0.2) is 59.1 Å². The maximum atomic E-state index is 11.4. The number of hydrogen-bond acceptors (Lipinski definition) is 2. The maximum Gasteiger partial charge on any atom is 0.310 e. The molecule has 3 nitrogen and oxygen atoms in total. The first-order valence-electron chi connectivity index (χ1n) is 6.83. The summed E-state index contributed by atoms with van der Waals surface area (Å²) in [5.74, 6) is -0.485. The third-order valence-corrected chi connectivity index (χ3v) is 3.69. The normalized spacial score (nSPS) is 11.9. The Balaban J connectivity index is 1.88. The van der Waals surface area contributed by atoms with Crippen molar-refractivity contribution in [2.75, 3.05) is 6.61 Å². The minimum absolute atomic E-state index is 0.498. The van der Waals surface area contributed by atoms with Crippen molar-refractivity contribution in [3.8, 4) is 5.75 Å². The largest absolute Gasteiger partial charge is 0.494 e. The Morgan fingerprint density at radius 2 is 1.90 bits per heavy atom. The highest BCUT2D eigenvalue weighted by Gasteiger charge is 2.19. The summed E-state index contributed by atoms with van der Waals surface area (Å²) >= 11 is 3.37. The van der Waals surface area contributed by atoms with Gasteiger partial charge in [0.05, 0.1) is 12.5 Å². The average molecular weight is 349 g/mol. The highest BCUT2D eigenvalue weighted by Crippen LogP contribution is 2.24. The van der Waals surface area contributed by atoms with Crippen molar-refractivity contribution in [2.24, 2.45) is 0 Å². The summed E-state index contributed by atoms with van der Waals surface area (Å²) in [4.78, 5) is 11.4. The topological polar surface area (TPSA) is 46.5 Å². The fourth-order valence-corrected chi connectivity index (χ4v) is 2.57. The van der Waals surface area contributed by atoms with Crippen LogP contribution in [-0.2, 0) is 4.79 Å². The van der Waals surface area contributed by atoms with Crippen LogP contribution in [0, 0.1) is 0 Å². The smallest absolute Gasteiger partial charge is 0.310 e. The molecule has 0 bridgehead atoms. The molecular formula is C17H17BrO3. The lowest BCUT2D eigenvalue weighted by Crippen LogP contribution is -2.13. The highest BCUT2D eigenvalue weighted by molar-refractivity contribution is 9.10. The highest BCUT2D eigenvalue weighted by atomic mass is 79.9. The van der Waals surface area contributed by atoms with E-state index in [1.807, 2.05) is 54.6 Å². The molecule has 2 aromatic rings. The second-order valence-electron chi connectivity index (χ2n) is 4.75. The summed E-state index contributed by atoms with van der Waals surface area (Å²) in [6, 6.07) is 17.0. The van der Waals surface area contributed by atoms with Crippen LogP contribution in [0.25, 0.3) is 0 Å². The number of carboxylic acids is 1. The lowest BCUT2D eigenvalue weighted by molar-refractivity contribution is -0.139. The molecule has 0 fully saturated rings. The van der Waals surface area contributed by atoms with Crippen molar-refractivity contribution in [2.45, 2.75) is 18.8 Å². The van der Waals surface area contributed by atoms with Crippen LogP contribution in [-0.4, -0.2) is 17.7 Å². The fraction of sp³-hybridized carbons (Fsp3) is 0.235. The first-order valence-corrected chi connectivity index (χ1v) is 7.62. The number of hydrogen-bond donors (Lipinski definition) is 1. The average Bonchev–Trinajstić information content (AvgIpc) is 2.48. The van der Waals surface area contributed by atoms with Crippen LogP contribution in [0.3, 0.4) is 0 Å². The van der Waals surface area contributed by atoms with Gasteiger partial charge in [-0.25, -0.2) is 0 Å². The molecule has 0 aliphatic heterocycles. The van der Waals surface area contributed by atoms with Crippen LogP contribution in [0.2, 0.25) is 0 Å². The number of benzene rings is 2. The zero-order valence-corrected chi connectivity index (χ0v) is 13.1. The van der Waals surface area contributed by atoms with Crippen LogP contribution in [0.4, 0.5) is 0 Å². The standard InChI is InChI=1S/C17H17BrO3/c18-14-7-4-6-13(12-14)16(17(19)20)10-5-11-21-15-8-2-1-3-9-15/h1-4,6-9,12,16H,5,10-11H2,(H,19,20). The van der Waals surface area contributed by atoms with Gasteiger partial charge in [-0.05, 0) is 42.7 Å². The maximum absolute atomic E-state index is 11.4. The molecule has 0 saturated heterocycles. The lowest BCUT2D eigenvalue weighted by atomic mass is 9.94. The van der Waals surface area contributed by atoms with Gasteiger partial charge >= 0.3 is 5.97 Å². The Hall–Kier alpha value is -1.81. The molecule has 2 rings (SSSR count). The van der Waals surface area contributed by atoms with E-state index in [-0.39, 0.29) is 0 Å². The minimum atomic E-state index is -0.798. The number of ether oxygens (including phenoxy) is 1. The van der Waals surface area contributed by atoms with Gasteiger partial charge in [0.1, 0.15) is 5.75 Å². The second-order valence-corrected chi connectivity index (χ2v) is 5.67. The molecule has 0 amide bonds. The Bertz CT molecular complexity index is 584. The molecule has 2 aromatic carbocycles. The van der Waals surface area contributed by atoms with Gasteiger partial charge in [0.25, 0.3) is 0 Å². The zero-order chi connectivity index (χ0) is 15.1. The van der Waals surface area contributed by atoms with E-state index in [1.165, 1.54) is 0 Å². The summed E-state index contributed by atoms with van der Waals surface area (Å²) in [6.45, 7) is 0.516. The fourth-order valence-electron chi connectivity index (χ4n) is 2.15. The van der Waals surface area contributed by atoms with Crippen molar-refractivity contribution >= 4 is 21.9 Å². The van der Waals surface area contributed by atoms with Gasteiger partial charge < -0.3 is 9.84 Å². The third-order valence-electron chi connectivity index (χ3n) is 3.20. The Kier molecular flexibility index (Phi) is 5.81. The third kappa shape index (κ3) is 4.90. The zero-order valence-electron chi connectivity index (χ0n) is 11.5. The first kappa shape index (κ1) is 15.6. The van der Waals surface area contributed by atoms with Crippen molar-refractivity contribution in [3.63, 3.8) is 0 Å². The number of aliphatic carboxylic acids is 1. The monoisotopic (exact) mass is 348 g/mol. The van der Waals surface area contributed by atoms with Gasteiger partial charge in [-0.15, -0.1) is 0 Å². The molecule has 0 spiro atoms. The summed E-state index contributed by atoms with van der Waals surface area (Å²) in [6.07, 6.45) is 1.25. The Labute approximate surface area is 132 Å². The number of halogens is 1. The predicted octanol–water partition coefficient (Wildman–Crippen LogP) is 4.48. The Morgan fingerprint density at radius 3 is 2.57 bits per heavy atom. The molecule has 4 heteroatoms. The number of rotatable bonds is 7. The van der Waals surface area contributed by atoms with E-state index < -0.39 is 11.9 Å². The molecule has 1 N–H and O–H groups in total. The molecule has 0 saturated carbocycles. The van der Waals surface area contributed by atoms with E-state index in [0.29, 0.717) is 19.4 Å². The van der Waals surface area contributed by atoms with E-state index >= 15 is 0 Å². The summed E-state index contributed by atoms with van der Waals surface area (Å²) in [5, 5.41) is 9.38.